The number of fused-ring (bicyclic) bond motifs is 1. The molecule has 4 rings (SSSR count). The molecule has 3 heterocycles. The molecule has 0 saturated carbocycles. The molecule has 8 heteroatoms. The monoisotopic (exact) mass is 369 g/mol. The first-order chi connectivity index (χ1) is 13.2. The van der Waals surface area contributed by atoms with Crippen LogP contribution in [0.2, 0.25) is 0 Å². The highest BCUT2D eigenvalue weighted by Crippen LogP contribution is 2.32. The second kappa shape index (κ2) is 7.63. The molecule has 0 spiro atoms. The number of carbonyl (C=O) groups is 2. The van der Waals surface area contributed by atoms with Gasteiger partial charge in [0, 0.05) is 24.8 Å². The summed E-state index contributed by atoms with van der Waals surface area (Å²) in [5.74, 6) is 0.634. The number of amides is 2. The second-order valence-corrected chi connectivity index (χ2v) is 6.13. The second-order valence-electron chi connectivity index (χ2n) is 6.13. The minimum atomic E-state index is -0.400. The fraction of sp³-hybridized carbons (Fsp3) is 0.316. The molecule has 140 valence electrons. The Morgan fingerprint density at radius 2 is 1.67 bits per heavy atom. The van der Waals surface area contributed by atoms with E-state index in [4.69, 9.17) is 14.2 Å². The third-order valence-corrected chi connectivity index (χ3v) is 4.30. The van der Waals surface area contributed by atoms with Gasteiger partial charge in [-0.3, -0.25) is 9.59 Å². The fourth-order valence-corrected chi connectivity index (χ4v) is 2.92. The molecule has 0 radical (unpaired) electrons. The van der Waals surface area contributed by atoms with Crippen LogP contribution in [0.25, 0.3) is 0 Å². The predicted octanol–water partition coefficient (Wildman–Crippen LogP) is 1.58. The lowest BCUT2D eigenvalue weighted by atomic mass is 10.2. The first-order valence-corrected chi connectivity index (χ1v) is 8.76. The van der Waals surface area contributed by atoms with E-state index in [-0.39, 0.29) is 17.3 Å². The molecule has 1 fully saturated rings. The number of pyridine rings is 1. The summed E-state index contributed by atoms with van der Waals surface area (Å²) in [5.41, 5.74) is 0.978. The van der Waals surface area contributed by atoms with Crippen LogP contribution in [-0.2, 0) is 4.74 Å². The Labute approximate surface area is 156 Å². The summed E-state index contributed by atoms with van der Waals surface area (Å²) in [4.78, 5) is 31.0. The van der Waals surface area contributed by atoms with Crippen LogP contribution in [0.4, 0.5) is 5.69 Å². The van der Waals surface area contributed by atoms with Crippen molar-refractivity contribution in [1.82, 2.24) is 9.88 Å². The lowest BCUT2D eigenvalue weighted by Crippen LogP contribution is -2.41. The maximum atomic E-state index is 12.5. The van der Waals surface area contributed by atoms with Gasteiger partial charge in [-0.05, 0) is 24.3 Å². The Hall–Kier alpha value is -3.13. The maximum Gasteiger partial charge on any atom is 0.274 e. The zero-order valence-electron chi connectivity index (χ0n) is 14.6. The van der Waals surface area contributed by atoms with E-state index in [1.165, 1.54) is 0 Å². The van der Waals surface area contributed by atoms with Crippen molar-refractivity contribution < 1.29 is 23.8 Å². The number of hydrogen-bond acceptors (Lipinski definition) is 6. The van der Waals surface area contributed by atoms with Gasteiger partial charge in [0.25, 0.3) is 11.8 Å². The standard InChI is InChI=1S/C19H19N3O5/c23-18(20-13-4-5-16-17(12-13)27-11-10-26-16)14-2-1-3-15(21-14)19(24)22-6-8-25-9-7-22/h1-5,12H,6-11H2,(H,20,23). The van der Waals surface area contributed by atoms with Gasteiger partial charge in [0.05, 0.1) is 13.2 Å². The van der Waals surface area contributed by atoms with Gasteiger partial charge in [-0.1, -0.05) is 6.07 Å². The number of hydrogen-bond donors (Lipinski definition) is 1. The molecule has 1 aromatic heterocycles. The number of ether oxygens (including phenoxy) is 3. The normalized spacial score (nSPS) is 15.9. The topological polar surface area (TPSA) is 90.0 Å². The summed E-state index contributed by atoms with van der Waals surface area (Å²) in [5, 5.41) is 2.77. The smallest absolute Gasteiger partial charge is 0.274 e. The van der Waals surface area contributed by atoms with Crippen LogP contribution >= 0.6 is 0 Å². The van der Waals surface area contributed by atoms with Crippen molar-refractivity contribution in [3.05, 3.63) is 47.8 Å². The lowest BCUT2D eigenvalue weighted by Gasteiger charge is -2.26. The average molecular weight is 369 g/mol. The van der Waals surface area contributed by atoms with Gasteiger partial charge in [0.2, 0.25) is 0 Å². The summed E-state index contributed by atoms with van der Waals surface area (Å²) < 4.78 is 16.2. The first-order valence-electron chi connectivity index (χ1n) is 8.76. The number of benzene rings is 1. The van der Waals surface area contributed by atoms with Crippen molar-refractivity contribution in [2.75, 3.05) is 44.8 Å². The number of carbonyl (C=O) groups excluding carboxylic acids is 2. The van der Waals surface area contributed by atoms with E-state index in [9.17, 15) is 9.59 Å². The molecule has 8 nitrogen and oxygen atoms in total. The van der Waals surface area contributed by atoms with E-state index in [0.717, 1.165) is 0 Å². The molecular formula is C19H19N3O5. The number of rotatable bonds is 3. The van der Waals surface area contributed by atoms with Crippen molar-refractivity contribution in [3.63, 3.8) is 0 Å². The maximum absolute atomic E-state index is 12.5. The van der Waals surface area contributed by atoms with Crippen LogP contribution in [0.5, 0.6) is 11.5 Å². The molecule has 2 amide bonds. The van der Waals surface area contributed by atoms with Crippen LogP contribution in [0.1, 0.15) is 21.0 Å². The van der Waals surface area contributed by atoms with E-state index < -0.39 is 5.91 Å². The first kappa shape index (κ1) is 17.3. The molecule has 2 aliphatic rings. The minimum absolute atomic E-state index is 0.170. The number of nitrogens with one attached hydrogen (secondary N) is 1. The summed E-state index contributed by atoms with van der Waals surface area (Å²) in [6.45, 7) is 3.04. The van der Waals surface area contributed by atoms with Gasteiger partial charge in [0.15, 0.2) is 11.5 Å². The summed E-state index contributed by atoms with van der Waals surface area (Å²) in [7, 11) is 0. The zero-order chi connectivity index (χ0) is 18.6. The van der Waals surface area contributed by atoms with Crippen molar-refractivity contribution in [3.8, 4) is 11.5 Å². The molecule has 0 aliphatic carbocycles. The van der Waals surface area contributed by atoms with Crippen LogP contribution in [0.3, 0.4) is 0 Å². The third kappa shape index (κ3) is 3.85. The van der Waals surface area contributed by atoms with Gasteiger partial charge in [-0.2, -0.15) is 0 Å². The molecule has 1 aromatic carbocycles. The quantitative estimate of drug-likeness (QED) is 0.883. The highest BCUT2D eigenvalue weighted by Gasteiger charge is 2.21. The summed E-state index contributed by atoms with van der Waals surface area (Å²) in [6.07, 6.45) is 0. The van der Waals surface area contributed by atoms with Gasteiger partial charge < -0.3 is 24.4 Å². The highest BCUT2D eigenvalue weighted by molar-refractivity contribution is 6.04. The van der Waals surface area contributed by atoms with Gasteiger partial charge in [-0.15, -0.1) is 0 Å². The number of aromatic nitrogens is 1. The minimum Gasteiger partial charge on any atom is -0.486 e. The molecule has 0 atom stereocenters. The third-order valence-electron chi connectivity index (χ3n) is 4.30. The van der Waals surface area contributed by atoms with Crippen molar-refractivity contribution >= 4 is 17.5 Å². The Bertz CT molecular complexity index is 864. The molecular weight excluding hydrogens is 350 g/mol. The number of morpholine rings is 1. The molecule has 1 saturated heterocycles. The van der Waals surface area contributed by atoms with E-state index in [1.807, 2.05) is 0 Å². The van der Waals surface area contributed by atoms with E-state index in [0.29, 0.717) is 56.7 Å². The van der Waals surface area contributed by atoms with Crippen molar-refractivity contribution in [2.24, 2.45) is 0 Å². The Morgan fingerprint density at radius 1 is 0.926 bits per heavy atom. The fourth-order valence-electron chi connectivity index (χ4n) is 2.92. The van der Waals surface area contributed by atoms with E-state index in [1.54, 1.807) is 41.3 Å². The zero-order valence-corrected chi connectivity index (χ0v) is 14.6. The van der Waals surface area contributed by atoms with Crippen LogP contribution in [0, 0.1) is 0 Å². The van der Waals surface area contributed by atoms with Gasteiger partial charge >= 0.3 is 0 Å². The molecule has 1 N–H and O–H groups in total. The van der Waals surface area contributed by atoms with Crippen molar-refractivity contribution in [1.29, 1.82) is 0 Å². The van der Waals surface area contributed by atoms with Crippen LogP contribution < -0.4 is 14.8 Å². The highest BCUT2D eigenvalue weighted by atomic mass is 16.6. The Kier molecular flexibility index (Phi) is 4.88. The van der Waals surface area contributed by atoms with Crippen LogP contribution in [0.15, 0.2) is 36.4 Å². The molecule has 0 unspecified atom stereocenters. The van der Waals surface area contributed by atoms with E-state index in [2.05, 4.69) is 10.3 Å². The van der Waals surface area contributed by atoms with Gasteiger partial charge in [0.1, 0.15) is 24.6 Å². The summed E-state index contributed by atoms with van der Waals surface area (Å²) in [6, 6.07) is 10.0. The Balaban J connectivity index is 1.48. The molecule has 0 bridgehead atoms. The molecule has 27 heavy (non-hydrogen) atoms. The predicted molar refractivity (Wildman–Crippen MR) is 96.3 cm³/mol. The number of nitrogens with zero attached hydrogens (tertiary/aromatic N) is 2. The van der Waals surface area contributed by atoms with Crippen LogP contribution in [-0.4, -0.2) is 61.2 Å². The largest absolute Gasteiger partial charge is 0.486 e. The Morgan fingerprint density at radius 3 is 2.48 bits per heavy atom. The molecule has 2 aromatic rings. The van der Waals surface area contributed by atoms with E-state index >= 15 is 0 Å². The average Bonchev–Trinajstić information content (AvgIpc) is 2.74. The SMILES string of the molecule is O=C(Nc1ccc2c(c1)OCCO2)c1cccc(C(=O)N2CCOCC2)n1. The molecule has 2 aliphatic heterocycles. The number of anilines is 1. The van der Waals surface area contributed by atoms with Crippen molar-refractivity contribution in [2.45, 2.75) is 0 Å². The van der Waals surface area contributed by atoms with Gasteiger partial charge in [-0.25, -0.2) is 4.98 Å². The lowest BCUT2D eigenvalue weighted by molar-refractivity contribution is 0.0299. The summed E-state index contributed by atoms with van der Waals surface area (Å²) >= 11 is 0.